The number of sulfonamides is 1. The molecule has 26 heavy (non-hydrogen) atoms. The molecule has 1 aliphatic rings. The van der Waals surface area contributed by atoms with Crippen LogP contribution in [0.25, 0.3) is 0 Å². The summed E-state index contributed by atoms with van der Waals surface area (Å²) in [4.78, 5) is 25.7. The van der Waals surface area contributed by atoms with Gasteiger partial charge in [0.2, 0.25) is 10.0 Å². The lowest BCUT2D eigenvalue weighted by Gasteiger charge is -2.31. The van der Waals surface area contributed by atoms with Gasteiger partial charge in [0.15, 0.2) is 5.78 Å². The smallest absolute Gasteiger partial charge is 0.321 e. The van der Waals surface area contributed by atoms with E-state index in [-0.39, 0.29) is 23.3 Å². The minimum Gasteiger partial charge on any atom is -0.460 e. The Kier molecular flexibility index (Phi) is 6.91. The second-order valence-corrected chi connectivity index (χ2v) is 8.53. The minimum absolute atomic E-state index is 0.0348. The van der Waals surface area contributed by atoms with E-state index in [1.807, 2.05) is 0 Å². The van der Waals surface area contributed by atoms with Crippen molar-refractivity contribution in [2.24, 2.45) is 0 Å². The summed E-state index contributed by atoms with van der Waals surface area (Å²) >= 11 is 0. The number of carbonyl (C=O) groups excluding carboxylic acids is 2. The Labute approximate surface area is 155 Å². The third kappa shape index (κ3) is 5.12. The number of ether oxygens (including phenoxy) is 1. The molecular formula is C18H26N2O5S. The quantitative estimate of drug-likeness (QED) is 0.525. The highest BCUT2D eigenvalue weighted by Gasteiger charge is 2.26. The van der Waals surface area contributed by atoms with E-state index in [0.29, 0.717) is 12.1 Å². The maximum Gasteiger partial charge on any atom is 0.321 e. The van der Waals surface area contributed by atoms with Crippen molar-refractivity contribution in [3.05, 3.63) is 29.8 Å². The van der Waals surface area contributed by atoms with E-state index in [0.717, 1.165) is 30.2 Å². The first-order valence-corrected chi connectivity index (χ1v) is 10.2. The Morgan fingerprint density at radius 3 is 2.50 bits per heavy atom. The van der Waals surface area contributed by atoms with Crippen molar-refractivity contribution in [1.82, 2.24) is 9.21 Å². The number of ketones is 1. The maximum atomic E-state index is 12.6. The van der Waals surface area contributed by atoms with Gasteiger partial charge in [0, 0.05) is 19.2 Å². The number of carbonyl (C=O) groups is 2. The molecule has 0 N–H and O–H groups in total. The molecule has 7 nitrogen and oxygen atoms in total. The second kappa shape index (κ2) is 8.75. The van der Waals surface area contributed by atoms with Crippen molar-refractivity contribution in [3.8, 4) is 0 Å². The molecule has 0 spiro atoms. The summed E-state index contributed by atoms with van der Waals surface area (Å²) in [6, 6.07) is 5.66. The molecule has 1 atom stereocenters. The topological polar surface area (TPSA) is 84.0 Å². The van der Waals surface area contributed by atoms with Crippen LogP contribution < -0.4 is 0 Å². The molecule has 0 saturated carbocycles. The van der Waals surface area contributed by atoms with Crippen LogP contribution in [0.3, 0.4) is 0 Å². The van der Waals surface area contributed by atoms with E-state index in [1.165, 1.54) is 38.2 Å². The lowest BCUT2D eigenvalue weighted by atomic mass is 10.1. The molecule has 8 heteroatoms. The molecule has 0 aliphatic carbocycles. The number of benzene rings is 1. The predicted molar refractivity (Wildman–Crippen MR) is 97.5 cm³/mol. The Morgan fingerprint density at radius 2 is 1.92 bits per heavy atom. The van der Waals surface area contributed by atoms with Crippen LogP contribution in [-0.4, -0.2) is 68.7 Å². The highest BCUT2D eigenvalue weighted by Crippen LogP contribution is 2.17. The molecule has 1 saturated heterocycles. The molecule has 1 heterocycles. The van der Waals surface area contributed by atoms with Gasteiger partial charge in [0.05, 0.1) is 4.90 Å². The van der Waals surface area contributed by atoms with Crippen LogP contribution in [0.4, 0.5) is 0 Å². The van der Waals surface area contributed by atoms with Crippen LogP contribution >= 0.6 is 0 Å². The third-order valence-electron chi connectivity index (χ3n) is 4.53. The van der Waals surface area contributed by atoms with Gasteiger partial charge in [-0.05, 0) is 45.0 Å². The molecule has 1 aromatic carbocycles. The molecule has 1 fully saturated rings. The molecule has 1 aliphatic heterocycles. The molecule has 0 amide bonds. The van der Waals surface area contributed by atoms with Crippen molar-refractivity contribution in [2.45, 2.75) is 37.7 Å². The van der Waals surface area contributed by atoms with Crippen molar-refractivity contribution < 1.29 is 22.7 Å². The van der Waals surface area contributed by atoms with Gasteiger partial charge < -0.3 is 4.74 Å². The van der Waals surface area contributed by atoms with Crippen LogP contribution in [0, 0.1) is 0 Å². The van der Waals surface area contributed by atoms with Gasteiger partial charge in [-0.2, -0.15) is 4.31 Å². The van der Waals surface area contributed by atoms with Crippen LogP contribution in [0.1, 0.15) is 37.0 Å². The second-order valence-electron chi connectivity index (χ2n) is 6.49. The summed E-state index contributed by atoms with van der Waals surface area (Å²) in [6.07, 6.45) is 1.57. The summed E-state index contributed by atoms with van der Waals surface area (Å²) < 4.78 is 31.5. The molecule has 0 radical (unpaired) electrons. The van der Waals surface area contributed by atoms with E-state index in [1.54, 1.807) is 0 Å². The van der Waals surface area contributed by atoms with Gasteiger partial charge in [0.25, 0.3) is 0 Å². The zero-order valence-corrected chi connectivity index (χ0v) is 16.3. The first kappa shape index (κ1) is 20.5. The maximum absolute atomic E-state index is 12.6. The number of piperidine rings is 1. The van der Waals surface area contributed by atoms with E-state index in [4.69, 9.17) is 4.74 Å². The van der Waals surface area contributed by atoms with E-state index in [2.05, 4.69) is 11.8 Å². The van der Waals surface area contributed by atoms with Gasteiger partial charge in [-0.15, -0.1) is 0 Å². The van der Waals surface area contributed by atoms with Gasteiger partial charge in [0.1, 0.15) is 12.6 Å². The summed E-state index contributed by atoms with van der Waals surface area (Å²) in [5, 5.41) is 0. The molecular weight excluding hydrogens is 356 g/mol. The van der Waals surface area contributed by atoms with Crippen LogP contribution in [0.15, 0.2) is 29.2 Å². The average Bonchev–Trinajstić information content (AvgIpc) is 2.61. The standard InChI is InChI=1S/C18H26N2O5S/c1-4-20-11-5-6-16(12-20)25-18(22)13-19(3)26(23,24)17-9-7-15(8-10-17)14(2)21/h7-10,16H,4-6,11-13H2,1-3H3. The number of rotatable bonds is 7. The first-order chi connectivity index (χ1) is 12.2. The van der Waals surface area contributed by atoms with Crippen molar-refractivity contribution in [1.29, 1.82) is 0 Å². The average molecular weight is 382 g/mol. The van der Waals surface area contributed by atoms with Gasteiger partial charge >= 0.3 is 5.97 Å². The number of hydrogen-bond acceptors (Lipinski definition) is 6. The fourth-order valence-corrected chi connectivity index (χ4v) is 4.04. The number of hydrogen-bond donors (Lipinski definition) is 0. The number of likely N-dealkylation sites (tertiary alicyclic amines) is 1. The highest BCUT2D eigenvalue weighted by molar-refractivity contribution is 7.89. The first-order valence-electron chi connectivity index (χ1n) is 8.73. The third-order valence-corrected chi connectivity index (χ3v) is 6.35. The van der Waals surface area contributed by atoms with Crippen LogP contribution in [0.2, 0.25) is 0 Å². The Bertz CT molecular complexity index is 745. The fraction of sp³-hybridized carbons (Fsp3) is 0.556. The number of nitrogens with zero attached hydrogens (tertiary/aromatic N) is 2. The minimum atomic E-state index is -3.82. The SMILES string of the molecule is CCN1CCCC(OC(=O)CN(C)S(=O)(=O)c2ccc(C(C)=O)cc2)C1. The number of Topliss-reactive ketones (excluding diaryl/α,β-unsaturated/α-hetero) is 1. The van der Waals surface area contributed by atoms with E-state index < -0.39 is 16.0 Å². The zero-order chi connectivity index (χ0) is 19.3. The largest absolute Gasteiger partial charge is 0.460 e. The Balaban J connectivity index is 1.97. The van der Waals surface area contributed by atoms with Crippen molar-refractivity contribution >= 4 is 21.8 Å². The van der Waals surface area contributed by atoms with Gasteiger partial charge in [-0.1, -0.05) is 19.1 Å². The molecule has 1 aromatic rings. The Hall–Kier alpha value is -1.77. The molecule has 0 aromatic heterocycles. The molecule has 144 valence electrons. The Morgan fingerprint density at radius 1 is 1.27 bits per heavy atom. The van der Waals surface area contributed by atoms with Gasteiger partial charge in [-0.25, -0.2) is 8.42 Å². The number of esters is 1. The molecule has 2 rings (SSSR count). The van der Waals surface area contributed by atoms with E-state index in [9.17, 15) is 18.0 Å². The van der Waals surface area contributed by atoms with Crippen LogP contribution in [0.5, 0.6) is 0 Å². The van der Waals surface area contributed by atoms with E-state index >= 15 is 0 Å². The lowest BCUT2D eigenvalue weighted by Crippen LogP contribution is -2.42. The lowest BCUT2D eigenvalue weighted by molar-refractivity contribution is -0.151. The van der Waals surface area contributed by atoms with Crippen molar-refractivity contribution in [2.75, 3.05) is 33.2 Å². The van der Waals surface area contributed by atoms with Crippen LogP contribution in [-0.2, 0) is 19.6 Å². The van der Waals surface area contributed by atoms with Crippen molar-refractivity contribution in [3.63, 3.8) is 0 Å². The predicted octanol–water partition coefficient (Wildman–Crippen LogP) is 1.54. The summed E-state index contributed by atoms with van der Waals surface area (Å²) in [7, 11) is -2.48. The number of likely N-dealkylation sites (N-methyl/N-ethyl adjacent to an activating group) is 2. The normalized spacial score (nSPS) is 18.7. The molecule has 0 bridgehead atoms. The zero-order valence-electron chi connectivity index (χ0n) is 15.5. The molecule has 1 unspecified atom stereocenters. The summed E-state index contributed by atoms with van der Waals surface area (Å²) in [5.74, 6) is -0.695. The van der Waals surface area contributed by atoms with Gasteiger partial charge in [-0.3, -0.25) is 14.5 Å². The highest BCUT2D eigenvalue weighted by atomic mass is 32.2. The summed E-state index contributed by atoms with van der Waals surface area (Å²) in [5.41, 5.74) is 0.434. The summed E-state index contributed by atoms with van der Waals surface area (Å²) in [6.45, 7) is 5.71. The fourth-order valence-electron chi connectivity index (χ4n) is 2.93. The monoisotopic (exact) mass is 382 g/mol.